The van der Waals surface area contributed by atoms with Crippen LogP contribution < -0.4 is 10.6 Å². The van der Waals surface area contributed by atoms with Crippen LogP contribution in [-0.2, 0) is 21.4 Å². The predicted molar refractivity (Wildman–Crippen MR) is 108 cm³/mol. The summed E-state index contributed by atoms with van der Waals surface area (Å²) in [5, 5.41) is 5.85. The summed E-state index contributed by atoms with van der Waals surface area (Å²) in [6.07, 6.45) is 1.53. The Hall–Kier alpha value is -2.64. The molecule has 0 aliphatic carbocycles. The second-order valence-electron chi connectivity index (χ2n) is 6.16. The van der Waals surface area contributed by atoms with E-state index < -0.39 is 10.0 Å². The lowest BCUT2D eigenvalue weighted by molar-refractivity contribution is -0.119. The number of nitrogens with one attached hydrogen (secondary N) is 2. The zero-order valence-corrected chi connectivity index (χ0v) is 16.4. The van der Waals surface area contributed by atoms with Gasteiger partial charge in [0.15, 0.2) is 0 Å². The molecule has 2 aromatic rings. The van der Waals surface area contributed by atoms with Crippen molar-refractivity contribution in [2.24, 2.45) is 0 Å². The molecular formula is C20H25N3O3S. The van der Waals surface area contributed by atoms with Crippen molar-refractivity contribution in [3.63, 3.8) is 0 Å². The summed E-state index contributed by atoms with van der Waals surface area (Å²) < 4.78 is 25.9. The van der Waals surface area contributed by atoms with E-state index in [2.05, 4.69) is 17.2 Å². The van der Waals surface area contributed by atoms with Gasteiger partial charge in [0.25, 0.3) is 0 Å². The monoisotopic (exact) mass is 387 g/mol. The van der Waals surface area contributed by atoms with Crippen LogP contribution in [0.1, 0.15) is 11.1 Å². The Morgan fingerprint density at radius 1 is 1.15 bits per heavy atom. The van der Waals surface area contributed by atoms with Crippen molar-refractivity contribution in [3.8, 4) is 0 Å². The lowest BCUT2D eigenvalue weighted by atomic mass is 10.1. The third-order valence-corrected chi connectivity index (χ3v) is 5.98. The minimum atomic E-state index is -3.54. The maximum absolute atomic E-state index is 12.3. The van der Waals surface area contributed by atoms with E-state index in [0.717, 1.165) is 11.1 Å². The molecule has 0 saturated carbocycles. The lowest BCUT2D eigenvalue weighted by Gasteiger charge is -2.15. The number of hydrogen-bond acceptors (Lipinski definition) is 4. The van der Waals surface area contributed by atoms with Gasteiger partial charge in [0.2, 0.25) is 15.9 Å². The standard InChI is InChI=1S/C20H25N3O3S/c1-4-13-23(3)27(25,26)19-11-9-18(10-12-19)21-15-20(24)22-14-17-8-6-5-7-16(17)2/h4-12,21H,1,13-15H2,2-3H3,(H,22,24). The Bertz CT molecular complexity index is 893. The van der Waals surface area contributed by atoms with Gasteiger partial charge in [-0.2, -0.15) is 4.31 Å². The molecule has 0 aliphatic heterocycles. The van der Waals surface area contributed by atoms with Gasteiger partial charge < -0.3 is 10.6 Å². The van der Waals surface area contributed by atoms with Crippen molar-refractivity contribution in [2.75, 3.05) is 25.5 Å². The van der Waals surface area contributed by atoms with Crippen molar-refractivity contribution in [2.45, 2.75) is 18.4 Å². The van der Waals surface area contributed by atoms with Gasteiger partial charge in [-0.1, -0.05) is 30.3 Å². The minimum absolute atomic E-state index is 0.106. The molecule has 6 nitrogen and oxygen atoms in total. The molecular weight excluding hydrogens is 362 g/mol. The molecule has 0 fully saturated rings. The highest BCUT2D eigenvalue weighted by atomic mass is 32.2. The lowest BCUT2D eigenvalue weighted by Crippen LogP contribution is -2.29. The number of carbonyl (C=O) groups excluding carboxylic acids is 1. The fourth-order valence-corrected chi connectivity index (χ4v) is 3.59. The van der Waals surface area contributed by atoms with Gasteiger partial charge in [-0.3, -0.25) is 4.79 Å². The van der Waals surface area contributed by atoms with E-state index in [1.807, 2.05) is 31.2 Å². The van der Waals surface area contributed by atoms with E-state index >= 15 is 0 Å². The zero-order chi connectivity index (χ0) is 19.9. The molecule has 2 rings (SSSR count). The summed E-state index contributed by atoms with van der Waals surface area (Å²) in [6.45, 7) is 6.37. The minimum Gasteiger partial charge on any atom is -0.376 e. The van der Waals surface area contributed by atoms with Gasteiger partial charge in [0, 0.05) is 25.8 Å². The molecule has 0 radical (unpaired) electrons. The Morgan fingerprint density at radius 2 is 1.81 bits per heavy atom. The molecule has 2 aromatic carbocycles. The van der Waals surface area contributed by atoms with Crippen LogP contribution in [-0.4, -0.2) is 38.8 Å². The van der Waals surface area contributed by atoms with E-state index in [1.165, 1.54) is 29.6 Å². The quantitative estimate of drug-likeness (QED) is 0.648. The molecule has 144 valence electrons. The number of hydrogen-bond donors (Lipinski definition) is 2. The molecule has 0 spiro atoms. The molecule has 0 atom stereocenters. The van der Waals surface area contributed by atoms with E-state index in [-0.39, 0.29) is 23.9 Å². The number of aryl methyl sites for hydroxylation is 1. The predicted octanol–water partition coefficient (Wildman–Crippen LogP) is 2.53. The summed E-state index contributed by atoms with van der Waals surface area (Å²) in [4.78, 5) is 12.2. The number of sulfonamides is 1. The van der Waals surface area contributed by atoms with E-state index in [0.29, 0.717) is 12.2 Å². The molecule has 0 aromatic heterocycles. The molecule has 1 amide bonds. The largest absolute Gasteiger partial charge is 0.376 e. The SMILES string of the molecule is C=CCN(C)S(=O)(=O)c1ccc(NCC(=O)NCc2ccccc2C)cc1. The first-order valence-corrected chi connectivity index (χ1v) is 10.0. The van der Waals surface area contributed by atoms with E-state index in [9.17, 15) is 13.2 Å². The van der Waals surface area contributed by atoms with Crippen molar-refractivity contribution in [1.29, 1.82) is 0 Å². The summed E-state index contributed by atoms with van der Waals surface area (Å²) in [7, 11) is -2.04. The van der Waals surface area contributed by atoms with E-state index in [1.54, 1.807) is 12.1 Å². The first-order valence-electron chi connectivity index (χ1n) is 8.57. The van der Waals surface area contributed by atoms with Crippen LogP contribution in [0.5, 0.6) is 0 Å². The van der Waals surface area contributed by atoms with Gasteiger partial charge in [-0.05, 0) is 42.3 Å². The van der Waals surface area contributed by atoms with Crippen molar-refractivity contribution in [3.05, 3.63) is 72.3 Å². The molecule has 0 saturated heterocycles. The van der Waals surface area contributed by atoms with Crippen LogP contribution in [0.3, 0.4) is 0 Å². The fourth-order valence-electron chi connectivity index (χ4n) is 2.45. The molecule has 0 aliphatic rings. The number of amides is 1. The maximum atomic E-state index is 12.3. The Labute approximate surface area is 161 Å². The van der Waals surface area contributed by atoms with Crippen LogP contribution in [0.25, 0.3) is 0 Å². The van der Waals surface area contributed by atoms with Crippen LogP contribution in [0.15, 0.2) is 66.1 Å². The van der Waals surface area contributed by atoms with Gasteiger partial charge in [0.05, 0.1) is 11.4 Å². The van der Waals surface area contributed by atoms with Gasteiger partial charge in [0.1, 0.15) is 0 Å². The fraction of sp³-hybridized carbons (Fsp3) is 0.250. The van der Waals surface area contributed by atoms with Gasteiger partial charge >= 0.3 is 0 Å². The average Bonchev–Trinajstić information content (AvgIpc) is 2.66. The highest BCUT2D eigenvalue weighted by Crippen LogP contribution is 2.17. The summed E-state index contributed by atoms with van der Waals surface area (Å²) in [6, 6.07) is 14.2. The third kappa shape index (κ3) is 5.67. The normalized spacial score (nSPS) is 11.2. The Kier molecular flexibility index (Phi) is 7.15. The number of carbonyl (C=O) groups is 1. The third-order valence-electron chi connectivity index (χ3n) is 4.14. The van der Waals surface area contributed by atoms with Crippen LogP contribution in [0, 0.1) is 6.92 Å². The number of benzene rings is 2. The summed E-state index contributed by atoms with van der Waals surface area (Å²) in [5.41, 5.74) is 2.87. The van der Waals surface area contributed by atoms with E-state index in [4.69, 9.17) is 0 Å². The first-order chi connectivity index (χ1) is 12.8. The zero-order valence-electron chi connectivity index (χ0n) is 15.6. The first kappa shape index (κ1) is 20.7. The molecule has 0 bridgehead atoms. The second-order valence-corrected chi connectivity index (χ2v) is 8.20. The van der Waals surface area contributed by atoms with Crippen molar-refractivity contribution < 1.29 is 13.2 Å². The van der Waals surface area contributed by atoms with Crippen molar-refractivity contribution >= 4 is 21.6 Å². The van der Waals surface area contributed by atoms with Crippen LogP contribution >= 0.6 is 0 Å². The molecule has 2 N–H and O–H groups in total. The van der Waals surface area contributed by atoms with Crippen molar-refractivity contribution in [1.82, 2.24) is 9.62 Å². The van der Waals surface area contributed by atoms with Crippen LogP contribution in [0.2, 0.25) is 0 Å². The average molecular weight is 388 g/mol. The summed E-state index contributed by atoms with van der Waals surface area (Å²) in [5.74, 6) is -0.138. The molecule has 7 heteroatoms. The number of rotatable bonds is 9. The highest BCUT2D eigenvalue weighted by Gasteiger charge is 2.19. The Morgan fingerprint density at radius 3 is 2.44 bits per heavy atom. The number of likely N-dealkylation sites (N-methyl/N-ethyl adjacent to an activating group) is 1. The molecule has 27 heavy (non-hydrogen) atoms. The van der Waals surface area contributed by atoms with Gasteiger partial charge in [-0.15, -0.1) is 6.58 Å². The maximum Gasteiger partial charge on any atom is 0.243 e. The number of anilines is 1. The topological polar surface area (TPSA) is 78.5 Å². The smallest absolute Gasteiger partial charge is 0.243 e. The highest BCUT2D eigenvalue weighted by molar-refractivity contribution is 7.89. The summed E-state index contributed by atoms with van der Waals surface area (Å²) >= 11 is 0. The molecule has 0 unspecified atom stereocenters. The molecule has 0 heterocycles. The Balaban J connectivity index is 1.88. The number of nitrogens with zero attached hydrogens (tertiary/aromatic N) is 1. The van der Waals surface area contributed by atoms with Gasteiger partial charge in [-0.25, -0.2) is 8.42 Å². The second kappa shape index (κ2) is 9.34. The van der Waals surface area contributed by atoms with Crippen LogP contribution in [0.4, 0.5) is 5.69 Å².